The smallest absolute Gasteiger partial charge is 0.307 e. The number of nitrogens with zero attached hydrogens (tertiary/aromatic N) is 4. The van der Waals surface area contributed by atoms with Crippen LogP contribution in [0.3, 0.4) is 0 Å². The molecule has 114 heavy (non-hydrogen) atoms. The lowest BCUT2D eigenvalue weighted by Crippen LogP contribution is -2.48. The highest BCUT2D eigenvalue weighted by Crippen LogP contribution is 2.60. The number of hydrogen-bond acceptors (Lipinski definition) is 20. The number of rotatable bonds is 16. The topological polar surface area (TPSA) is 317 Å². The van der Waals surface area contributed by atoms with Gasteiger partial charge in [0.15, 0.2) is 11.6 Å². The minimum Gasteiger partial charge on any atom is -0.491 e. The van der Waals surface area contributed by atoms with Crippen molar-refractivity contribution in [1.82, 2.24) is 29.2 Å². The van der Waals surface area contributed by atoms with E-state index in [0.717, 1.165) is 95.8 Å². The Morgan fingerprint density at radius 3 is 1.27 bits per heavy atom. The van der Waals surface area contributed by atoms with E-state index in [-0.39, 0.29) is 111 Å². The number of esters is 2. The Labute approximate surface area is 672 Å². The molecular weight excluding hydrogens is 1490 g/mol. The summed E-state index contributed by atoms with van der Waals surface area (Å²) in [5.74, 6) is -3.32. The fraction of sp³-hybridized carbons (Fsp3) is 0.659. The number of Topliss-reactive ketones (excluding diaryl/α,β-unsaturated/α-hetero) is 2. The van der Waals surface area contributed by atoms with Crippen LogP contribution in [0.2, 0.25) is 0 Å². The predicted molar refractivity (Wildman–Crippen MR) is 430 cm³/mol. The number of carbonyl (C=O) groups is 8. The molecule has 24 nitrogen and oxygen atoms in total. The van der Waals surface area contributed by atoms with Gasteiger partial charge in [-0.2, -0.15) is 0 Å². The number of benzene rings is 2. The molecule has 8 heterocycles. The average molecular weight is 1610 g/mol. The molecule has 4 amide bonds. The van der Waals surface area contributed by atoms with E-state index in [1.807, 2.05) is 86.7 Å². The molecule has 2 N–H and O–H groups in total. The molecule has 0 radical (unpaired) electrons. The summed E-state index contributed by atoms with van der Waals surface area (Å²) in [6.45, 7) is 23.7. The van der Waals surface area contributed by atoms with Crippen molar-refractivity contribution in [2.75, 3.05) is 26.3 Å². The van der Waals surface area contributed by atoms with Gasteiger partial charge in [-0.05, 0) is 206 Å². The third-order valence-corrected chi connectivity index (χ3v) is 30.2. The molecule has 4 aromatic rings. The van der Waals surface area contributed by atoms with E-state index in [9.17, 15) is 45.6 Å². The lowest BCUT2D eigenvalue weighted by atomic mass is 9.79. The molecule has 4 saturated carbocycles. The van der Waals surface area contributed by atoms with Crippen LogP contribution in [0.25, 0.3) is 21.5 Å². The zero-order chi connectivity index (χ0) is 81.8. The summed E-state index contributed by atoms with van der Waals surface area (Å²) in [7, 11) is -7.90. The van der Waals surface area contributed by atoms with Gasteiger partial charge in [-0.3, -0.25) is 47.8 Å². The van der Waals surface area contributed by atoms with E-state index >= 15 is 9.59 Å². The first-order chi connectivity index (χ1) is 53.9. The first-order valence-corrected chi connectivity index (χ1v) is 44.8. The predicted octanol–water partition coefficient (Wildman–Crippen LogP) is 13.2. The molecule has 4 aliphatic carbocycles. The number of carbonyl (C=O) groups excluding carboxylic acids is 8. The largest absolute Gasteiger partial charge is 0.491 e. The maximum atomic E-state index is 15.1. The SMILES string of the molecule is CC[C@@H]1C[C@@H](C)CC/C=C\[C@@H]2C[C@@]2(C(=O)NS(=O)(=O)C2(C)CC2)CC(=O)[C@@H]2C[C@@H](Oc3nc4c(c5ccccc35)OCCC4)CN2C(=O)[C@H]1CC(=O)OC(C)(C)C.CC[C@@H]1C[C@H](C)CC/C=C\[C@@H]2C[C@@]2(C(=O)NS(=O)(=O)C2(C)CC2)CC(=O)[C@@H]2C[C@@H](Oc3nc4c(c5ccccc35)OCCC4)CN2C(=O)[C@H]1CC(=O)OC(C)(C)C. The number of sulfonamides is 2. The van der Waals surface area contributed by atoms with Crippen LogP contribution in [0, 0.1) is 58.2 Å². The number of fused-ring (bicyclic) bond motifs is 10. The lowest BCUT2D eigenvalue weighted by molar-refractivity contribution is -0.160. The number of ketones is 2. The van der Waals surface area contributed by atoms with Gasteiger partial charge in [-0.25, -0.2) is 26.8 Å². The monoisotopic (exact) mass is 1610 g/mol. The lowest BCUT2D eigenvalue weighted by Gasteiger charge is -2.33. The fourth-order valence-electron chi connectivity index (χ4n) is 18.3. The molecule has 620 valence electrons. The summed E-state index contributed by atoms with van der Waals surface area (Å²) in [5.41, 5.74) is -2.43. The van der Waals surface area contributed by atoms with Gasteiger partial charge in [0.25, 0.3) is 0 Å². The maximum absolute atomic E-state index is 15.1. The third kappa shape index (κ3) is 18.2. The van der Waals surface area contributed by atoms with Crippen LogP contribution in [-0.4, -0.2) is 155 Å². The Morgan fingerprint density at radius 2 is 0.921 bits per heavy atom. The first-order valence-electron chi connectivity index (χ1n) is 41.9. The molecular formula is C88H118N6O18S2. The van der Waals surface area contributed by atoms with E-state index in [4.69, 9.17) is 38.4 Å². The van der Waals surface area contributed by atoms with Gasteiger partial charge in [0.05, 0.1) is 94.8 Å². The third-order valence-electron chi connectivity index (χ3n) is 25.8. The standard InChI is InChI=1S/2C44H59N3O9S/c2*1-7-28-21-27(2)13-8-9-14-29-24-44(29,41(51)46-57(52,53)43(6)18-19-43)25-36(48)35-22-30(26-47(35)40(50)33(28)23-37(49)56-42(3,4)5)55-39-32-16-11-10-15-31(32)38-34(45-39)17-12-20-54-38/h2*9-11,14-16,27-30,33,35H,7-8,12-13,17-26H2,1-6H3,(H,46,51)/b2*14-9-/t27-,28+,29+,30+,33-,35-,44+;27-,28-,29-,30-,33+,35+,44-/m01/s1. The second-order valence-electron chi connectivity index (χ2n) is 37.2. The minimum absolute atomic E-state index is 0.0743. The van der Waals surface area contributed by atoms with Crippen LogP contribution in [0.4, 0.5) is 0 Å². The molecule has 10 aliphatic rings. The molecule has 0 unspecified atom stereocenters. The van der Waals surface area contributed by atoms with Crippen molar-refractivity contribution in [2.24, 2.45) is 58.2 Å². The van der Waals surface area contributed by atoms with Gasteiger partial charge in [-0.15, -0.1) is 0 Å². The number of aryl methyl sites for hydroxylation is 2. The van der Waals surface area contributed by atoms with Gasteiger partial charge < -0.3 is 38.2 Å². The highest BCUT2D eigenvalue weighted by Gasteiger charge is 2.65. The molecule has 0 bridgehead atoms. The molecule has 6 fully saturated rings. The van der Waals surface area contributed by atoms with Gasteiger partial charge >= 0.3 is 11.9 Å². The fourth-order valence-corrected chi connectivity index (χ4v) is 21.0. The number of aromatic nitrogens is 2. The van der Waals surface area contributed by atoms with Crippen LogP contribution < -0.4 is 28.4 Å². The Bertz CT molecular complexity index is 4400. The first kappa shape index (κ1) is 83.9. The van der Waals surface area contributed by atoms with Gasteiger partial charge in [0, 0.05) is 47.2 Å². The zero-order valence-corrected chi connectivity index (χ0v) is 70.2. The van der Waals surface area contributed by atoms with E-state index in [1.165, 1.54) is 0 Å². The number of ether oxygens (including phenoxy) is 6. The van der Waals surface area contributed by atoms with Crippen LogP contribution in [0.5, 0.6) is 23.3 Å². The summed E-state index contributed by atoms with van der Waals surface area (Å²) in [6.07, 6.45) is 17.7. The quantitative estimate of drug-likeness (QED) is 0.0777. The number of hydrogen-bond donors (Lipinski definition) is 2. The zero-order valence-electron chi connectivity index (χ0n) is 68.6. The normalized spacial score (nSPS) is 30.7. The van der Waals surface area contributed by atoms with Crippen molar-refractivity contribution in [3.8, 4) is 23.3 Å². The summed E-state index contributed by atoms with van der Waals surface area (Å²) < 4.78 is 92.8. The van der Waals surface area contributed by atoms with Crippen LogP contribution in [0.1, 0.15) is 236 Å². The molecule has 14 atom stereocenters. The Kier molecular flexibility index (Phi) is 24.2. The van der Waals surface area contributed by atoms with Gasteiger partial charge in [0.2, 0.25) is 55.4 Å². The summed E-state index contributed by atoms with van der Waals surface area (Å²) >= 11 is 0. The Morgan fingerprint density at radius 1 is 0.553 bits per heavy atom. The number of amides is 4. The minimum atomic E-state index is -3.95. The molecule has 2 aromatic heterocycles. The molecule has 6 aliphatic heterocycles. The van der Waals surface area contributed by atoms with Crippen LogP contribution in [0.15, 0.2) is 72.8 Å². The Hall–Kier alpha value is -8.00. The Balaban J connectivity index is 0.000000199. The number of nitrogens with one attached hydrogen (secondary N) is 2. The van der Waals surface area contributed by atoms with E-state index < -0.39 is 111 Å². The number of pyridine rings is 2. The molecule has 0 spiro atoms. The number of allylic oxidation sites excluding steroid dienone is 4. The second-order valence-corrected chi connectivity index (χ2v) is 41.6. The van der Waals surface area contributed by atoms with Gasteiger partial charge in [-0.1, -0.05) is 101 Å². The van der Waals surface area contributed by atoms with Crippen molar-refractivity contribution in [2.45, 2.75) is 282 Å². The van der Waals surface area contributed by atoms with Crippen molar-refractivity contribution in [3.63, 3.8) is 0 Å². The van der Waals surface area contributed by atoms with E-state index in [2.05, 4.69) is 23.3 Å². The van der Waals surface area contributed by atoms with Crippen molar-refractivity contribution in [1.29, 1.82) is 0 Å². The van der Waals surface area contributed by atoms with Crippen molar-refractivity contribution in [3.05, 3.63) is 84.2 Å². The van der Waals surface area contributed by atoms with E-state index in [1.54, 1.807) is 65.2 Å². The van der Waals surface area contributed by atoms with Crippen molar-refractivity contribution < 1.29 is 83.6 Å². The highest BCUT2D eigenvalue weighted by atomic mass is 32.2. The van der Waals surface area contributed by atoms with Crippen molar-refractivity contribution >= 4 is 88.7 Å². The highest BCUT2D eigenvalue weighted by molar-refractivity contribution is 7.92. The van der Waals surface area contributed by atoms with E-state index in [0.29, 0.717) is 89.2 Å². The van der Waals surface area contributed by atoms with Gasteiger partial charge in [0.1, 0.15) is 34.9 Å². The molecule has 2 saturated heterocycles. The summed E-state index contributed by atoms with van der Waals surface area (Å²) in [5, 5.41) is 3.28. The van der Waals surface area contributed by atoms with Crippen LogP contribution >= 0.6 is 0 Å². The molecule has 14 rings (SSSR count). The second kappa shape index (κ2) is 32.8. The summed E-state index contributed by atoms with van der Waals surface area (Å²) in [4.78, 5) is 128. The molecule has 2 aromatic carbocycles. The average Bonchev–Trinajstić information content (AvgIpc) is 1.56. The van der Waals surface area contributed by atoms with Crippen LogP contribution in [-0.2, 0) is 80.7 Å². The maximum Gasteiger partial charge on any atom is 0.307 e. The summed E-state index contributed by atoms with van der Waals surface area (Å²) in [6, 6.07) is 13.5. The molecule has 26 heteroatoms.